The average Bonchev–Trinajstić information content (AvgIpc) is 2.61. The van der Waals surface area contributed by atoms with E-state index in [4.69, 9.17) is 4.52 Å². The van der Waals surface area contributed by atoms with E-state index in [2.05, 4.69) is 24.3 Å². The van der Waals surface area contributed by atoms with Gasteiger partial charge >= 0.3 is 0 Å². The summed E-state index contributed by atoms with van der Waals surface area (Å²) >= 11 is 0. The summed E-state index contributed by atoms with van der Waals surface area (Å²) in [4.78, 5) is 0. The van der Waals surface area contributed by atoms with Crippen LogP contribution in [0, 0.1) is 6.92 Å². The first-order valence-electron chi connectivity index (χ1n) is 5.51. The largest absolute Gasteiger partial charge is 0.359 e. The Kier molecular flexibility index (Phi) is 2.87. The van der Waals surface area contributed by atoms with Crippen LogP contribution in [0.25, 0.3) is 0 Å². The molecule has 0 amide bonds. The lowest BCUT2D eigenvalue weighted by Gasteiger charge is -2.21. The van der Waals surface area contributed by atoms with E-state index in [1.54, 1.807) is 0 Å². The van der Waals surface area contributed by atoms with Crippen LogP contribution in [0.15, 0.2) is 4.52 Å². The maximum absolute atomic E-state index is 5.41. The summed E-state index contributed by atoms with van der Waals surface area (Å²) in [5, 5.41) is 7.57. The molecule has 1 aromatic rings. The second kappa shape index (κ2) is 4.13. The molecule has 1 fully saturated rings. The highest BCUT2D eigenvalue weighted by atomic mass is 16.5. The van der Waals surface area contributed by atoms with E-state index in [9.17, 15) is 0 Å². The zero-order chi connectivity index (χ0) is 9.97. The topological polar surface area (TPSA) is 38.1 Å². The molecule has 1 aliphatic rings. The molecule has 1 aromatic heterocycles. The van der Waals surface area contributed by atoms with Gasteiger partial charge in [-0.2, -0.15) is 0 Å². The fourth-order valence-corrected chi connectivity index (χ4v) is 2.11. The summed E-state index contributed by atoms with van der Waals surface area (Å²) < 4.78 is 5.41. The number of nitrogens with zero attached hydrogens (tertiary/aromatic N) is 1. The third-order valence-corrected chi connectivity index (χ3v) is 3.02. The van der Waals surface area contributed by atoms with Crippen LogP contribution < -0.4 is 5.32 Å². The molecule has 3 heteroatoms. The van der Waals surface area contributed by atoms with E-state index in [-0.39, 0.29) is 0 Å². The molecule has 1 atom stereocenters. The highest BCUT2D eigenvalue weighted by Gasteiger charge is 2.22. The molecule has 78 valence electrons. The number of piperidine rings is 1. The van der Waals surface area contributed by atoms with Crippen molar-refractivity contribution in [1.29, 1.82) is 0 Å². The predicted molar refractivity (Wildman–Crippen MR) is 55.2 cm³/mol. The maximum atomic E-state index is 5.41. The molecule has 1 unspecified atom stereocenters. The molecule has 0 bridgehead atoms. The lowest BCUT2D eigenvalue weighted by atomic mass is 9.99. The van der Waals surface area contributed by atoms with Crippen LogP contribution in [0.3, 0.4) is 0 Å². The van der Waals surface area contributed by atoms with Crippen LogP contribution in [0.4, 0.5) is 0 Å². The third kappa shape index (κ3) is 1.69. The van der Waals surface area contributed by atoms with Crippen molar-refractivity contribution in [3.05, 3.63) is 17.0 Å². The Morgan fingerprint density at radius 2 is 2.36 bits per heavy atom. The van der Waals surface area contributed by atoms with Crippen LogP contribution in [0.5, 0.6) is 0 Å². The molecule has 0 saturated carbocycles. The molecule has 0 aliphatic carbocycles. The fraction of sp³-hybridized carbons (Fsp3) is 0.727. The lowest BCUT2D eigenvalue weighted by Crippen LogP contribution is -2.26. The first-order valence-corrected chi connectivity index (χ1v) is 5.51. The highest BCUT2D eigenvalue weighted by molar-refractivity contribution is 5.23. The molecule has 2 heterocycles. The highest BCUT2D eigenvalue weighted by Crippen LogP contribution is 2.27. The Morgan fingerprint density at radius 1 is 1.50 bits per heavy atom. The van der Waals surface area contributed by atoms with Gasteiger partial charge in [0.25, 0.3) is 0 Å². The summed E-state index contributed by atoms with van der Waals surface area (Å²) in [6.07, 6.45) is 4.71. The molecule has 0 aromatic carbocycles. The molecular formula is C11H18N2O. The SMILES string of the molecule is CCc1noc(C2CCCCN2)c1C. The molecule has 14 heavy (non-hydrogen) atoms. The van der Waals surface area contributed by atoms with Gasteiger partial charge in [-0.05, 0) is 32.7 Å². The lowest BCUT2D eigenvalue weighted by molar-refractivity contribution is 0.302. The third-order valence-electron chi connectivity index (χ3n) is 3.02. The minimum absolute atomic E-state index is 0.400. The van der Waals surface area contributed by atoms with Crippen molar-refractivity contribution >= 4 is 0 Å². The number of hydrogen-bond acceptors (Lipinski definition) is 3. The Balaban J connectivity index is 2.18. The molecule has 1 N–H and O–H groups in total. The zero-order valence-electron chi connectivity index (χ0n) is 8.97. The second-order valence-corrected chi connectivity index (χ2v) is 3.97. The summed E-state index contributed by atoms with van der Waals surface area (Å²) in [5.41, 5.74) is 2.35. The summed E-state index contributed by atoms with van der Waals surface area (Å²) in [5.74, 6) is 1.06. The first kappa shape index (κ1) is 9.71. The Hall–Kier alpha value is -0.830. The molecule has 1 aliphatic heterocycles. The van der Waals surface area contributed by atoms with Crippen molar-refractivity contribution in [2.24, 2.45) is 0 Å². The van der Waals surface area contributed by atoms with Crippen LogP contribution >= 0.6 is 0 Å². The number of aryl methyl sites for hydroxylation is 1. The summed E-state index contributed by atoms with van der Waals surface area (Å²) in [6, 6.07) is 0.400. The van der Waals surface area contributed by atoms with Gasteiger partial charge in [-0.1, -0.05) is 18.5 Å². The van der Waals surface area contributed by atoms with E-state index in [1.165, 1.54) is 24.8 Å². The number of hydrogen-bond donors (Lipinski definition) is 1. The van der Waals surface area contributed by atoms with Gasteiger partial charge < -0.3 is 9.84 Å². The van der Waals surface area contributed by atoms with Gasteiger partial charge in [-0.25, -0.2) is 0 Å². The number of nitrogens with one attached hydrogen (secondary N) is 1. The first-order chi connectivity index (χ1) is 6.83. The summed E-state index contributed by atoms with van der Waals surface area (Å²) in [6.45, 7) is 5.33. The predicted octanol–water partition coefficient (Wildman–Crippen LogP) is 2.36. The Bertz CT molecular complexity index is 300. The zero-order valence-corrected chi connectivity index (χ0v) is 8.97. The Morgan fingerprint density at radius 3 is 2.93 bits per heavy atom. The average molecular weight is 194 g/mol. The van der Waals surface area contributed by atoms with Crippen molar-refractivity contribution in [2.45, 2.75) is 45.6 Å². The molecule has 2 rings (SSSR count). The normalized spacial score (nSPS) is 22.6. The van der Waals surface area contributed by atoms with E-state index >= 15 is 0 Å². The van der Waals surface area contributed by atoms with Crippen LogP contribution in [0.1, 0.15) is 49.2 Å². The van der Waals surface area contributed by atoms with Gasteiger partial charge in [0, 0.05) is 5.56 Å². The van der Waals surface area contributed by atoms with E-state index in [0.717, 1.165) is 24.4 Å². The van der Waals surface area contributed by atoms with Crippen LogP contribution in [-0.2, 0) is 6.42 Å². The van der Waals surface area contributed by atoms with Gasteiger partial charge in [0.05, 0.1) is 11.7 Å². The van der Waals surface area contributed by atoms with Crippen LogP contribution in [0.2, 0.25) is 0 Å². The quantitative estimate of drug-likeness (QED) is 0.785. The Labute approximate surface area is 84.9 Å². The van der Waals surface area contributed by atoms with Gasteiger partial charge in [-0.15, -0.1) is 0 Å². The van der Waals surface area contributed by atoms with Gasteiger partial charge in [0.1, 0.15) is 0 Å². The maximum Gasteiger partial charge on any atom is 0.156 e. The number of rotatable bonds is 2. The minimum atomic E-state index is 0.400. The molecule has 0 radical (unpaired) electrons. The van der Waals surface area contributed by atoms with Gasteiger partial charge in [0.2, 0.25) is 0 Å². The van der Waals surface area contributed by atoms with Crippen LogP contribution in [-0.4, -0.2) is 11.7 Å². The molecular weight excluding hydrogens is 176 g/mol. The fourth-order valence-electron chi connectivity index (χ4n) is 2.11. The van der Waals surface area contributed by atoms with Crippen molar-refractivity contribution in [3.8, 4) is 0 Å². The van der Waals surface area contributed by atoms with E-state index in [1.807, 2.05) is 0 Å². The van der Waals surface area contributed by atoms with E-state index in [0.29, 0.717) is 6.04 Å². The molecule has 0 spiro atoms. The monoisotopic (exact) mass is 194 g/mol. The molecule has 3 nitrogen and oxygen atoms in total. The van der Waals surface area contributed by atoms with Gasteiger partial charge in [0.15, 0.2) is 5.76 Å². The van der Waals surface area contributed by atoms with Crippen molar-refractivity contribution in [3.63, 3.8) is 0 Å². The van der Waals surface area contributed by atoms with Crippen molar-refractivity contribution in [1.82, 2.24) is 10.5 Å². The van der Waals surface area contributed by atoms with E-state index < -0.39 is 0 Å². The number of aromatic nitrogens is 1. The minimum Gasteiger partial charge on any atom is -0.359 e. The summed E-state index contributed by atoms with van der Waals surface area (Å²) in [7, 11) is 0. The second-order valence-electron chi connectivity index (χ2n) is 3.97. The van der Waals surface area contributed by atoms with Crippen molar-refractivity contribution in [2.75, 3.05) is 6.54 Å². The standard InChI is InChI=1S/C11H18N2O/c1-3-9-8(2)11(14-13-9)10-6-4-5-7-12-10/h10,12H,3-7H2,1-2H3. The smallest absolute Gasteiger partial charge is 0.156 e. The molecule has 1 saturated heterocycles. The van der Waals surface area contributed by atoms with Crippen molar-refractivity contribution < 1.29 is 4.52 Å². The van der Waals surface area contributed by atoms with Gasteiger partial charge in [-0.3, -0.25) is 0 Å².